The molecule has 0 aliphatic carbocycles. The first-order valence-corrected chi connectivity index (χ1v) is 8.67. The Morgan fingerprint density at radius 3 is 2.67 bits per heavy atom. The van der Waals surface area contributed by atoms with Crippen molar-refractivity contribution < 1.29 is 19.1 Å². The summed E-state index contributed by atoms with van der Waals surface area (Å²) in [5, 5.41) is 0. The highest BCUT2D eigenvalue weighted by Crippen LogP contribution is 2.31. The maximum atomic E-state index is 11.8. The predicted molar refractivity (Wildman–Crippen MR) is 93.3 cm³/mol. The lowest BCUT2D eigenvalue weighted by Crippen LogP contribution is -2.28. The molecule has 24 heavy (non-hydrogen) atoms. The molecule has 2 aliphatic rings. The lowest BCUT2D eigenvalue weighted by Gasteiger charge is -2.21. The van der Waals surface area contributed by atoms with E-state index >= 15 is 0 Å². The van der Waals surface area contributed by atoms with E-state index in [4.69, 9.17) is 9.47 Å². The lowest BCUT2D eigenvalue weighted by atomic mass is 9.98. The predicted octanol–water partition coefficient (Wildman–Crippen LogP) is 4.26. The smallest absolute Gasteiger partial charge is 0.331 e. The van der Waals surface area contributed by atoms with E-state index in [9.17, 15) is 9.59 Å². The minimum absolute atomic E-state index is 0.0444. The van der Waals surface area contributed by atoms with Crippen molar-refractivity contribution in [2.24, 2.45) is 5.92 Å². The number of rotatable bonds is 6. The standard InChI is InChI=1S/C20H28O4/c1-13(9-16-10-14(2)11-19(22)23-16)7-6-8-15(3)17-12-18(21)20(4,5)24-17/h9,11-12,15-16H,6-8,10H2,1-5H3. The van der Waals surface area contributed by atoms with Gasteiger partial charge in [0.25, 0.3) is 0 Å². The Labute approximate surface area is 144 Å². The van der Waals surface area contributed by atoms with Crippen molar-refractivity contribution in [1.82, 2.24) is 0 Å². The summed E-state index contributed by atoms with van der Waals surface area (Å²) < 4.78 is 11.1. The summed E-state index contributed by atoms with van der Waals surface area (Å²) in [5.74, 6) is 0.830. The zero-order valence-electron chi connectivity index (χ0n) is 15.3. The van der Waals surface area contributed by atoms with Crippen LogP contribution in [0.25, 0.3) is 0 Å². The van der Waals surface area contributed by atoms with E-state index in [0.717, 1.165) is 37.0 Å². The van der Waals surface area contributed by atoms with Crippen molar-refractivity contribution >= 4 is 11.8 Å². The maximum absolute atomic E-state index is 11.8. The van der Waals surface area contributed by atoms with Crippen LogP contribution in [0, 0.1) is 5.92 Å². The van der Waals surface area contributed by atoms with Crippen molar-refractivity contribution in [3.8, 4) is 0 Å². The zero-order chi connectivity index (χ0) is 17.9. The summed E-state index contributed by atoms with van der Waals surface area (Å²) in [4.78, 5) is 23.2. The molecule has 4 heteroatoms. The molecule has 0 saturated heterocycles. The number of ketones is 1. The summed E-state index contributed by atoms with van der Waals surface area (Å²) in [6, 6.07) is 0. The molecule has 132 valence electrons. The number of hydrogen-bond acceptors (Lipinski definition) is 4. The summed E-state index contributed by atoms with van der Waals surface area (Å²) in [7, 11) is 0. The molecule has 4 nitrogen and oxygen atoms in total. The number of allylic oxidation sites excluding steroid dienone is 2. The lowest BCUT2D eigenvalue weighted by molar-refractivity contribution is -0.142. The van der Waals surface area contributed by atoms with Gasteiger partial charge in [-0.05, 0) is 53.0 Å². The van der Waals surface area contributed by atoms with Crippen LogP contribution in [0.2, 0.25) is 0 Å². The molecular formula is C20H28O4. The van der Waals surface area contributed by atoms with Gasteiger partial charge in [-0.25, -0.2) is 4.79 Å². The van der Waals surface area contributed by atoms with Gasteiger partial charge in [-0.1, -0.05) is 18.1 Å². The molecule has 0 saturated carbocycles. The normalized spacial score (nSPS) is 24.9. The van der Waals surface area contributed by atoms with E-state index in [1.54, 1.807) is 26.0 Å². The van der Waals surface area contributed by atoms with Crippen molar-refractivity contribution in [2.45, 2.75) is 72.0 Å². The first-order valence-electron chi connectivity index (χ1n) is 8.67. The molecule has 0 bridgehead atoms. The second-order valence-corrected chi connectivity index (χ2v) is 7.50. The van der Waals surface area contributed by atoms with Gasteiger partial charge in [0.2, 0.25) is 5.78 Å². The molecule has 0 amide bonds. The van der Waals surface area contributed by atoms with E-state index in [0.29, 0.717) is 0 Å². The van der Waals surface area contributed by atoms with E-state index in [1.807, 2.05) is 6.92 Å². The Morgan fingerprint density at radius 1 is 1.38 bits per heavy atom. The molecule has 0 aromatic rings. The van der Waals surface area contributed by atoms with Gasteiger partial charge in [0.05, 0.1) is 0 Å². The topological polar surface area (TPSA) is 52.6 Å². The van der Waals surface area contributed by atoms with Crippen LogP contribution in [0.5, 0.6) is 0 Å². The zero-order valence-corrected chi connectivity index (χ0v) is 15.3. The molecule has 0 aromatic heterocycles. The third-order valence-corrected chi connectivity index (χ3v) is 4.56. The van der Waals surface area contributed by atoms with Crippen molar-refractivity contribution in [2.75, 3.05) is 0 Å². The van der Waals surface area contributed by atoms with Crippen molar-refractivity contribution in [3.63, 3.8) is 0 Å². The third-order valence-electron chi connectivity index (χ3n) is 4.56. The molecule has 2 atom stereocenters. The first kappa shape index (κ1) is 18.5. The van der Waals surface area contributed by atoms with E-state index in [1.165, 1.54) is 5.57 Å². The van der Waals surface area contributed by atoms with Gasteiger partial charge in [0.15, 0.2) is 5.60 Å². The van der Waals surface area contributed by atoms with Gasteiger partial charge in [-0.3, -0.25) is 4.79 Å². The van der Waals surface area contributed by atoms with E-state index in [2.05, 4.69) is 19.9 Å². The van der Waals surface area contributed by atoms with Crippen LogP contribution in [-0.4, -0.2) is 23.5 Å². The SMILES string of the molecule is CC(=CC1CC(C)=CC(=O)O1)CCCC(C)C1=CC(=O)C(C)(C)O1. The minimum atomic E-state index is -0.713. The molecule has 0 N–H and O–H groups in total. The fourth-order valence-electron chi connectivity index (χ4n) is 3.05. The quantitative estimate of drug-likeness (QED) is 0.538. The molecule has 2 heterocycles. The second kappa shape index (κ2) is 7.37. The average molecular weight is 332 g/mol. The van der Waals surface area contributed by atoms with Gasteiger partial charge in [-0.15, -0.1) is 0 Å². The fraction of sp³-hybridized carbons (Fsp3) is 0.600. The molecule has 0 fully saturated rings. The van der Waals surface area contributed by atoms with Gasteiger partial charge in [-0.2, -0.15) is 0 Å². The average Bonchev–Trinajstić information content (AvgIpc) is 2.71. The van der Waals surface area contributed by atoms with E-state index in [-0.39, 0.29) is 23.8 Å². The van der Waals surface area contributed by atoms with Crippen LogP contribution in [0.3, 0.4) is 0 Å². The highest BCUT2D eigenvalue weighted by atomic mass is 16.5. The Balaban J connectivity index is 1.79. The molecule has 0 aromatic carbocycles. The molecule has 2 aliphatic heterocycles. The van der Waals surface area contributed by atoms with Crippen molar-refractivity contribution in [1.29, 1.82) is 0 Å². The summed E-state index contributed by atoms with van der Waals surface area (Å²) in [5.41, 5.74) is 1.58. The minimum Gasteiger partial charge on any atom is -0.484 e. The molecule has 0 radical (unpaired) electrons. The Hall–Kier alpha value is -1.84. The second-order valence-electron chi connectivity index (χ2n) is 7.50. The fourth-order valence-corrected chi connectivity index (χ4v) is 3.05. The number of cyclic esters (lactones) is 1. The number of ether oxygens (including phenoxy) is 2. The van der Waals surface area contributed by atoms with Gasteiger partial charge < -0.3 is 9.47 Å². The summed E-state index contributed by atoms with van der Waals surface area (Å²) in [6.45, 7) is 9.73. The molecule has 2 rings (SSSR count). The van der Waals surface area contributed by atoms with Crippen molar-refractivity contribution in [3.05, 3.63) is 35.1 Å². The maximum Gasteiger partial charge on any atom is 0.331 e. The first-order chi connectivity index (χ1) is 11.2. The summed E-state index contributed by atoms with van der Waals surface area (Å²) >= 11 is 0. The van der Waals surface area contributed by atoms with Gasteiger partial charge in [0.1, 0.15) is 11.9 Å². The number of hydrogen-bond donors (Lipinski definition) is 0. The Morgan fingerprint density at radius 2 is 2.08 bits per heavy atom. The number of carbonyl (C=O) groups is 2. The molecular weight excluding hydrogens is 304 g/mol. The highest BCUT2D eigenvalue weighted by Gasteiger charge is 2.36. The largest absolute Gasteiger partial charge is 0.484 e. The summed E-state index contributed by atoms with van der Waals surface area (Å²) in [6.07, 6.45) is 8.81. The van der Waals surface area contributed by atoms with Gasteiger partial charge in [0, 0.05) is 24.5 Å². The van der Waals surface area contributed by atoms with E-state index < -0.39 is 5.60 Å². The van der Waals surface area contributed by atoms with Crippen LogP contribution >= 0.6 is 0 Å². The number of carbonyl (C=O) groups excluding carboxylic acids is 2. The van der Waals surface area contributed by atoms with Gasteiger partial charge >= 0.3 is 5.97 Å². The monoisotopic (exact) mass is 332 g/mol. The highest BCUT2D eigenvalue weighted by molar-refractivity contribution is 5.98. The van der Waals surface area contributed by atoms with Crippen LogP contribution < -0.4 is 0 Å². The molecule has 2 unspecified atom stereocenters. The van der Waals surface area contributed by atoms with Crippen LogP contribution in [0.1, 0.15) is 60.3 Å². The molecule has 0 spiro atoms. The van der Waals surface area contributed by atoms with Crippen LogP contribution in [0.4, 0.5) is 0 Å². The van der Waals surface area contributed by atoms with Crippen LogP contribution in [-0.2, 0) is 19.1 Å². The Kier molecular flexibility index (Phi) is 5.68. The van der Waals surface area contributed by atoms with Crippen LogP contribution in [0.15, 0.2) is 35.1 Å². The Bertz CT molecular complexity index is 607. The third kappa shape index (κ3) is 4.83. The number of esters is 1.